The Labute approximate surface area is 140 Å². The minimum absolute atomic E-state index is 0.000183. The molecule has 0 aliphatic carbocycles. The third kappa shape index (κ3) is 5.48. The molecule has 1 aromatic carbocycles. The number of nitriles is 1. The summed E-state index contributed by atoms with van der Waals surface area (Å²) in [5, 5.41) is 8.66. The number of nitrogens with zero attached hydrogens (tertiary/aromatic N) is 2. The number of hydrogen-bond donors (Lipinski definition) is 0. The van der Waals surface area contributed by atoms with Crippen LogP contribution in [0.15, 0.2) is 24.3 Å². The van der Waals surface area contributed by atoms with Gasteiger partial charge in [-0.05, 0) is 15.6 Å². The van der Waals surface area contributed by atoms with Crippen molar-refractivity contribution in [3.63, 3.8) is 0 Å². The van der Waals surface area contributed by atoms with Gasteiger partial charge < -0.3 is 0 Å². The van der Waals surface area contributed by atoms with Crippen molar-refractivity contribution in [1.29, 1.82) is 5.26 Å². The van der Waals surface area contributed by atoms with Crippen LogP contribution in [0, 0.1) is 21.2 Å². The highest BCUT2D eigenvalue weighted by Crippen LogP contribution is 2.30. The Hall–Kier alpha value is -1.30. The molecule has 0 saturated carbocycles. The molecular weight excluding hydrogens is 432 g/mol. The zero-order valence-electron chi connectivity index (χ0n) is 11.1. The second-order valence-corrected chi connectivity index (χ2v) is 6.66. The van der Waals surface area contributed by atoms with Gasteiger partial charge in [-0.15, -0.1) is 0 Å². The SMILES string of the molecule is N#CCN(CC#CI)S(=O)(=O)Cc1cccc(C(F)(F)F)c1. The van der Waals surface area contributed by atoms with Crippen LogP contribution in [0.1, 0.15) is 11.1 Å². The number of sulfonamides is 1. The molecule has 118 valence electrons. The highest BCUT2D eigenvalue weighted by atomic mass is 127. The number of benzene rings is 1. The molecule has 0 heterocycles. The van der Waals surface area contributed by atoms with E-state index in [1.54, 1.807) is 28.7 Å². The molecule has 0 unspecified atom stereocenters. The van der Waals surface area contributed by atoms with E-state index in [9.17, 15) is 21.6 Å². The lowest BCUT2D eigenvalue weighted by Crippen LogP contribution is -2.33. The van der Waals surface area contributed by atoms with E-state index in [1.165, 1.54) is 6.07 Å². The van der Waals surface area contributed by atoms with E-state index in [2.05, 4.69) is 9.85 Å². The van der Waals surface area contributed by atoms with E-state index in [0.717, 1.165) is 22.5 Å². The molecule has 22 heavy (non-hydrogen) atoms. The van der Waals surface area contributed by atoms with Crippen LogP contribution < -0.4 is 0 Å². The number of alkyl halides is 3. The van der Waals surface area contributed by atoms with Gasteiger partial charge >= 0.3 is 6.18 Å². The van der Waals surface area contributed by atoms with Gasteiger partial charge in [-0.1, -0.05) is 24.1 Å². The van der Waals surface area contributed by atoms with E-state index < -0.39 is 34.1 Å². The fraction of sp³-hybridized carbons (Fsp3) is 0.308. The number of rotatable bonds is 5. The zero-order chi connectivity index (χ0) is 16.8. The topological polar surface area (TPSA) is 61.2 Å². The monoisotopic (exact) mass is 442 g/mol. The van der Waals surface area contributed by atoms with E-state index in [0.29, 0.717) is 0 Å². The van der Waals surface area contributed by atoms with Gasteiger partial charge in [0.15, 0.2) is 0 Å². The van der Waals surface area contributed by atoms with Crippen LogP contribution in [0.4, 0.5) is 13.2 Å². The van der Waals surface area contributed by atoms with Crippen molar-refractivity contribution in [1.82, 2.24) is 4.31 Å². The Morgan fingerprint density at radius 2 is 1.95 bits per heavy atom. The van der Waals surface area contributed by atoms with Gasteiger partial charge in [0.25, 0.3) is 0 Å². The molecule has 9 heteroatoms. The standard InChI is InChI=1S/C13H10F3IN2O2S/c14-13(15,16)12-4-1-3-11(9-12)10-22(20,21)19(8-6-18)7-2-5-17/h1,3-4,9H,7-8,10H2. The molecule has 0 aliphatic rings. The fourth-order valence-corrected chi connectivity index (χ4v) is 3.06. The minimum atomic E-state index is -4.54. The van der Waals surface area contributed by atoms with E-state index in [4.69, 9.17) is 5.26 Å². The smallest absolute Gasteiger partial charge is 0.212 e. The first kappa shape index (κ1) is 18.7. The van der Waals surface area contributed by atoms with Crippen LogP contribution in [0.3, 0.4) is 0 Å². The third-order valence-corrected chi connectivity index (χ3v) is 4.69. The van der Waals surface area contributed by atoms with Crippen molar-refractivity contribution in [3.8, 4) is 15.9 Å². The second kappa shape index (κ2) is 7.81. The van der Waals surface area contributed by atoms with Crippen LogP contribution in [0.5, 0.6) is 0 Å². The summed E-state index contributed by atoms with van der Waals surface area (Å²) < 4.78 is 65.5. The predicted octanol–water partition coefficient (Wildman–Crippen LogP) is 2.76. The number of hydrogen-bond acceptors (Lipinski definition) is 3. The van der Waals surface area contributed by atoms with Crippen molar-refractivity contribution in [3.05, 3.63) is 35.4 Å². The number of halogens is 4. The van der Waals surface area contributed by atoms with Crippen LogP contribution in [0.25, 0.3) is 0 Å². The first-order chi connectivity index (χ1) is 10.2. The molecule has 0 atom stereocenters. The van der Waals surface area contributed by atoms with Crippen molar-refractivity contribution < 1.29 is 21.6 Å². The maximum Gasteiger partial charge on any atom is 0.416 e. The highest BCUT2D eigenvalue weighted by Gasteiger charge is 2.31. The zero-order valence-corrected chi connectivity index (χ0v) is 14.0. The minimum Gasteiger partial charge on any atom is -0.212 e. The molecule has 0 fully saturated rings. The Bertz CT molecular complexity index is 730. The van der Waals surface area contributed by atoms with Crippen LogP contribution >= 0.6 is 22.6 Å². The molecule has 0 spiro atoms. The quantitative estimate of drug-likeness (QED) is 0.401. The van der Waals surface area contributed by atoms with Crippen LogP contribution in [-0.2, 0) is 22.0 Å². The van der Waals surface area contributed by atoms with Gasteiger partial charge in [0.05, 0.1) is 23.9 Å². The van der Waals surface area contributed by atoms with Gasteiger partial charge in [-0.3, -0.25) is 0 Å². The lowest BCUT2D eigenvalue weighted by Gasteiger charge is -2.17. The van der Waals surface area contributed by atoms with Crippen molar-refractivity contribution in [2.75, 3.05) is 13.1 Å². The molecule has 0 aliphatic heterocycles. The molecular formula is C13H10F3IN2O2S. The third-order valence-electron chi connectivity index (χ3n) is 2.57. The molecule has 4 nitrogen and oxygen atoms in total. The first-order valence-corrected chi connectivity index (χ1v) is 8.49. The first-order valence-electron chi connectivity index (χ1n) is 5.80. The normalized spacial score (nSPS) is 11.6. The summed E-state index contributed by atoms with van der Waals surface area (Å²) in [6.07, 6.45) is -4.54. The lowest BCUT2D eigenvalue weighted by molar-refractivity contribution is -0.137. The van der Waals surface area contributed by atoms with Gasteiger partial charge in [0, 0.05) is 22.6 Å². The van der Waals surface area contributed by atoms with Gasteiger partial charge in [-0.25, -0.2) is 8.42 Å². The maximum atomic E-state index is 12.6. The molecule has 0 saturated heterocycles. The van der Waals surface area contributed by atoms with E-state index >= 15 is 0 Å². The average molecular weight is 442 g/mol. The second-order valence-electron chi connectivity index (χ2n) is 4.15. The summed E-state index contributed by atoms with van der Waals surface area (Å²) in [6.45, 7) is -0.593. The molecule has 1 rings (SSSR count). The fourth-order valence-electron chi connectivity index (χ4n) is 1.59. The largest absolute Gasteiger partial charge is 0.416 e. The summed E-state index contributed by atoms with van der Waals surface area (Å²) in [5.74, 6) is 1.89. The van der Waals surface area contributed by atoms with Gasteiger partial charge in [-0.2, -0.15) is 22.7 Å². The Balaban J connectivity index is 3.04. The Morgan fingerprint density at radius 1 is 1.27 bits per heavy atom. The average Bonchev–Trinajstić information content (AvgIpc) is 2.42. The van der Waals surface area contributed by atoms with Gasteiger partial charge in [0.2, 0.25) is 10.0 Å². The van der Waals surface area contributed by atoms with Gasteiger partial charge in [0.1, 0.15) is 6.54 Å². The summed E-state index contributed by atoms with van der Waals surface area (Å²) >= 11 is 1.72. The van der Waals surface area contributed by atoms with Crippen molar-refractivity contribution >= 4 is 32.6 Å². The predicted molar refractivity (Wildman–Crippen MR) is 83.0 cm³/mol. The maximum absolute atomic E-state index is 12.6. The summed E-state index contributed by atoms with van der Waals surface area (Å²) in [5.41, 5.74) is -0.917. The van der Waals surface area contributed by atoms with Crippen LogP contribution in [0.2, 0.25) is 0 Å². The van der Waals surface area contributed by atoms with E-state index in [-0.39, 0.29) is 12.1 Å². The molecule has 0 radical (unpaired) electrons. The molecule has 0 bridgehead atoms. The summed E-state index contributed by atoms with van der Waals surface area (Å²) in [4.78, 5) is 0. The summed E-state index contributed by atoms with van der Waals surface area (Å²) in [6, 6.07) is 5.79. The van der Waals surface area contributed by atoms with Crippen molar-refractivity contribution in [2.45, 2.75) is 11.9 Å². The molecule has 0 N–H and O–H groups in total. The highest BCUT2D eigenvalue weighted by molar-refractivity contribution is 14.1. The summed E-state index contributed by atoms with van der Waals surface area (Å²) in [7, 11) is -3.93. The lowest BCUT2D eigenvalue weighted by atomic mass is 10.1. The Morgan fingerprint density at radius 3 is 2.50 bits per heavy atom. The Kier molecular flexibility index (Phi) is 6.66. The van der Waals surface area contributed by atoms with Crippen LogP contribution in [-0.4, -0.2) is 25.8 Å². The molecule has 1 aromatic rings. The van der Waals surface area contributed by atoms with Crippen molar-refractivity contribution in [2.24, 2.45) is 0 Å². The molecule has 0 aromatic heterocycles. The van der Waals surface area contributed by atoms with E-state index in [1.807, 2.05) is 0 Å². The molecule has 0 amide bonds.